The zero-order valence-corrected chi connectivity index (χ0v) is 20.4. The molecule has 5 nitrogen and oxygen atoms in total. The topological polar surface area (TPSA) is 71.7 Å². The van der Waals surface area contributed by atoms with Crippen LogP contribution >= 0.6 is 0 Å². The molecule has 4 rings (SSSR count). The molecule has 0 bridgehead atoms. The van der Waals surface area contributed by atoms with Gasteiger partial charge in [0.05, 0.1) is 30.9 Å². The summed E-state index contributed by atoms with van der Waals surface area (Å²) >= 11 is 0. The molecule has 5 heteroatoms. The Kier molecular flexibility index (Phi) is 10.1. The summed E-state index contributed by atoms with van der Waals surface area (Å²) in [7, 11) is 0. The van der Waals surface area contributed by atoms with Crippen molar-refractivity contribution < 1.29 is 14.3 Å². The Morgan fingerprint density at radius 3 is 2.14 bits per heavy atom. The minimum Gasteiger partial charge on any atom is -0.494 e. The van der Waals surface area contributed by atoms with Crippen LogP contribution in [-0.2, 0) is 12.8 Å². The molecule has 3 aromatic rings. The van der Waals surface area contributed by atoms with Crippen LogP contribution in [0.25, 0.3) is 0 Å². The molecule has 0 radical (unpaired) electrons. The molecule has 0 saturated heterocycles. The van der Waals surface area contributed by atoms with Crippen molar-refractivity contribution in [1.29, 1.82) is 5.26 Å². The second-order valence-electron chi connectivity index (χ2n) is 8.32. The van der Waals surface area contributed by atoms with E-state index in [1.165, 1.54) is 11.1 Å². The number of nitrogens with zero attached hydrogens (tertiary/aromatic N) is 2. The van der Waals surface area contributed by atoms with Gasteiger partial charge in [-0.1, -0.05) is 38.1 Å². The molecule has 0 N–H and O–H groups in total. The van der Waals surface area contributed by atoms with Crippen LogP contribution in [-0.4, -0.2) is 25.7 Å². The van der Waals surface area contributed by atoms with Crippen molar-refractivity contribution in [3.63, 3.8) is 0 Å². The summed E-state index contributed by atoms with van der Waals surface area (Å²) in [6.45, 7) is 5.58. The van der Waals surface area contributed by atoms with Gasteiger partial charge in [0.2, 0.25) is 0 Å². The van der Waals surface area contributed by atoms with E-state index in [-0.39, 0.29) is 5.92 Å². The molecule has 1 atom stereocenters. The number of rotatable bonds is 10. The van der Waals surface area contributed by atoms with E-state index in [1.54, 1.807) is 24.3 Å². The predicted octanol–water partition coefficient (Wildman–Crippen LogP) is 6.87. The van der Waals surface area contributed by atoms with Crippen molar-refractivity contribution in [2.45, 2.75) is 45.4 Å². The van der Waals surface area contributed by atoms with E-state index in [1.807, 2.05) is 36.5 Å². The van der Waals surface area contributed by atoms with Crippen LogP contribution in [0.5, 0.6) is 11.5 Å². The van der Waals surface area contributed by atoms with Gasteiger partial charge >= 0.3 is 0 Å². The van der Waals surface area contributed by atoms with E-state index in [0.29, 0.717) is 5.56 Å². The van der Waals surface area contributed by atoms with Crippen molar-refractivity contribution in [1.82, 2.24) is 0 Å². The summed E-state index contributed by atoms with van der Waals surface area (Å²) < 4.78 is 10.9. The summed E-state index contributed by atoms with van der Waals surface area (Å²) in [5.41, 5.74) is 5.21. The number of hydrogen-bond donors (Lipinski definition) is 0. The fourth-order valence-corrected chi connectivity index (χ4v) is 3.65. The summed E-state index contributed by atoms with van der Waals surface area (Å²) in [4.78, 5) is 14.6. The molecule has 1 aliphatic rings. The maximum absolute atomic E-state index is 10.3. The Morgan fingerprint density at radius 1 is 0.943 bits per heavy atom. The van der Waals surface area contributed by atoms with Gasteiger partial charge in [-0.25, -0.2) is 0 Å². The molecule has 0 saturated carbocycles. The lowest BCUT2D eigenvalue weighted by Crippen LogP contribution is -2.01. The third-order valence-corrected chi connectivity index (χ3v) is 5.53. The van der Waals surface area contributed by atoms with Crippen molar-refractivity contribution >= 4 is 18.2 Å². The van der Waals surface area contributed by atoms with Crippen LogP contribution in [0.4, 0.5) is 5.69 Å². The quantitative estimate of drug-likeness (QED) is 0.297. The number of hydrogen-bond acceptors (Lipinski definition) is 5. The maximum atomic E-state index is 10.3. The fraction of sp³-hybridized carbons (Fsp3) is 0.300. The fourth-order valence-electron chi connectivity index (χ4n) is 3.65. The number of aliphatic imine (C=N–C) groups is 1. The highest BCUT2D eigenvalue weighted by molar-refractivity contribution is 5.76. The van der Waals surface area contributed by atoms with Crippen LogP contribution in [0.2, 0.25) is 0 Å². The molecular formula is C30H32N2O3. The number of carbonyl (C=O) groups excluding carboxylic acids is 1. The summed E-state index contributed by atoms with van der Waals surface area (Å²) in [6, 6.07) is 23.7. The van der Waals surface area contributed by atoms with Gasteiger partial charge in [0.15, 0.2) is 0 Å². The third-order valence-electron chi connectivity index (χ3n) is 5.53. The van der Waals surface area contributed by atoms with Gasteiger partial charge in [-0.3, -0.25) is 9.79 Å². The zero-order valence-electron chi connectivity index (χ0n) is 20.4. The van der Waals surface area contributed by atoms with Crippen LogP contribution in [0, 0.1) is 11.3 Å². The highest BCUT2D eigenvalue weighted by Crippen LogP contribution is 2.28. The third kappa shape index (κ3) is 7.82. The molecule has 0 amide bonds. The van der Waals surface area contributed by atoms with Gasteiger partial charge in [0, 0.05) is 18.2 Å². The number of nitriles is 1. The molecule has 3 aromatic carbocycles. The summed E-state index contributed by atoms with van der Waals surface area (Å²) in [6.07, 6.45) is 6.36. The zero-order chi connectivity index (χ0) is 24.9. The van der Waals surface area contributed by atoms with E-state index in [4.69, 9.17) is 9.47 Å². The highest BCUT2D eigenvalue weighted by Gasteiger charge is 2.14. The number of benzene rings is 3. The monoisotopic (exact) mass is 480 g/mol. The molecular weight excluding hydrogens is 448 g/mol. The average Bonchev–Trinajstić information content (AvgIpc) is 3.38. The molecule has 0 spiro atoms. The molecule has 0 aromatic heterocycles. The van der Waals surface area contributed by atoms with Gasteiger partial charge < -0.3 is 9.47 Å². The van der Waals surface area contributed by atoms with Crippen LogP contribution < -0.4 is 9.47 Å². The first-order chi connectivity index (χ1) is 17.2. The predicted molar refractivity (Wildman–Crippen MR) is 140 cm³/mol. The largest absolute Gasteiger partial charge is 0.494 e. The summed E-state index contributed by atoms with van der Waals surface area (Å²) in [5.74, 6) is 1.54. The van der Waals surface area contributed by atoms with Crippen LogP contribution in [0.1, 0.15) is 59.7 Å². The second kappa shape index (κ2) is 13.7. The molecule has 35 heavy (non-hydrogen) atoms. The van der Waals surface area contributed by atoms with Crippen LogP contribution in [0.3, 0.4) is 0 Å². The van der Waals surface area contributed by atoms with Gasteiger partial charge in [0.1, 0.15) is 17.8 Å². The van der Waals surface area contributed by atoms with Gasteiger partial charge in [-0.2, -0.15) is 5.26 Å². The number of aldehydes is 1. The lowest BCUT2D eigenvalue weighted by Gasteiger charge is -2.12. The molecule has 1 aliphatic heterocycles. The molecule has 1 heterocycles. The van der Waals surface area contributed by atoms with Gasteiger partial charge in [-0.05, 0) is 78.4 Å². The first kappa shape index (κ1) is 25.7. The lowest BCUT2D eigenvalue weighted by atomic mass is 10.0. The van der Waals surface area contributed by atoms with Gasteiger partial charge in [-0.15, -0.1) is 0 Å². The van der Waals surface area contributed by atoms with E-state index in [9.17, 15) is 10.1 Å². The lowest BCUT2D eigenvalue weighted by molar-refractivity contribution is 0.112. The standard InChI is InChI=1S/C20H20N2O.C10H12O2/c1-2-11-23-19-6-4-16(5-7-19)18(14-21)13-15-3-8-20-17(12-15)9-10-22-20;1-2-7-12-10-5-3-9(8-11)4-6-10/h3-8,10,12,18H,2,9,11,13H2,1H3;3-6,8H,2,7H2,1H3/i4+1,5+1,6+1,7+1,16+1,19+1;3+1,4+1,5+1,6+1,9+1,10+1. The molecule has 1 unspecified atom stereocenters. The number of carbonyl (C=O) groups is 1. The molecule has 0 fully saturated rings. The molecule has 180 valence electrons. The normalized spacial score (nSPS) is 12.0. The average molecular weight is 481 g/mol. The highest BCUT2D eigenvalue weighted by atomic mass is 16.6. The van der Waals surface area contributed by atoms with Crippen molar-refractivity contribution in [3.05, 3.63) is 89.0 Å². The smallest absolute Gasteiger partial charge is 0.150 e. The number of ether oxygens (including phenoxy) is 2. The van der Waals surface area contributed by atoms with Crippen molar-refractivity contribution in [2.75, 3.05) is 13.2 Å². The van der Waals surface area contributed by atoms with Crippen molar-refractivity contribution in [3.8, 4) is 17.6 Å². The SMILES string of the molecule is CCCO[13c]1[13cH][13cH][13c](C(C#N)Cc2ccc3c(c2)CC=N3)[13cH][13cH]1.CCCO[13c]1[13cH][13cH][13c](C=O)[13cH][13cH]1. The van der Waals surface area contributed by atoms with Crippen molar-refractivity contribution in [2.24, 2.45) is 4.99 Å². The first-order valence-corrected chi connectivity index (χ1v) is 12.1. The minimum atomic E-state index is -0.143. The Morgan fingerprint density at radius 2 is 1.57 bits per heavy atom. The van der Waals surface area contributed by atoms with Crippen LogP contribution in [0.15, 0.2) is 71.7 Å². The Hall–Kier alpha value is -3.91. The van der Waals surface area contributed by atoms with E-state index < -0.39 is 0 Å². The van der Waals surface area contributed by atoms with E-state index in [0.717, 1.165) is 67.9 Å². The Balaban J connectivity index is 0.000000241. The van der Waals surface area contributed by atoms with E-state index >= 15 is 0 Å². The van der Waals surface area contributed by atoms with Gasteiger partial charge in [0.25, 0.3) is 0 Å². The minimum absolute atomic E-state index is 0.143. The maximum Gasteiger partial charge on any atom is 0.150 e. The molecule has 0 aliphatic carbocycles. The summed E-state index contributed by atoms with van der Waals surface area (Å²) in [5, 5.41) is 9.54. The Bertz CT molecular complexity index is 1150. The number of fused-ring (bicyclic) bond motifs is 1. The second-order valence-corrected chi connectivity index (χ2v) is 8.32. The Labute approximate surface area is 208 Å². The first-order valence-electron chi connectivity index (χ1n) is 12.1. The van der Waals surface area contributed by atoms with E-state index in [2.05, 4.69) is 37.0 Å².